The van der Waals surface area contributed by atoms with Crippen LogP contribution in [0.15, 0.2) is 36.4 Å². The van der Waals surface area contributed by atoms with Gasteiger partial charge in [-0.15, -0.1) is 0 Å². The maximum absolute atomic E-state index is 11.4. The molecule has 1 aromatic carbocycles. The molecule has 0 radical (unpaired) electrons. The van der Waals surface area contributed by atoms with Crippen molar-refractivity contribution in [3.63, 3.8) is 0 Å². The Hall–Kier alpha value is -1.94. The van der Waals surface area contributed by atoms with Gasteiger partial charge in [-0.2, -0.15) is 0 Å². The number of aliphatic carboxylic acids is 1. The summed E-state index contributed by atoms with van der Waals surface area (Å²) in [5.41, 5.74) is 6.77. The molecule has 0 saturated carbocycles. The minimum absolute atomic E-state index is 0.332. The van der Waals surface area contributed by atoms with Gasteiger partial charge in [0.15, 0.2) is 5.78 Å². The zero-order chi connectivity index (χ0) is 11.3. The molecule has 3 N–H and O–H groups in total. The number of carboxylic acid groups (broad SMARTS) is 1. The Morgan fingerprint density at radius 1 is 1.20 bits per heavy atom. The third kappa shape index (κ3) is 3.36. The summed E-state index contributed by atoms with van der Waals surface area (Å²) in [5, 5.41) is 8.34. The van der Waals surface area contributed by atoms with Crippen LogP contribution in [0.3, 0.4) is 0 Å². The predicted molar refractivity (Wildman–Crippen MR) is 55.4 cm³/mol. The Balaban J connectivity index is 2.79. The number of allylic oxidation sites excluding steroid dienone is 1. The molecular weight excluding hydrogens is 194 g/mol. The highest BCUT2D eigenvalue weighted by atomic mass is 16.4. The van der Waals surface area contributed by atoms with Crippen molar-refractivity contribution in [2.75, 3.05) is 0 Å². The molecule has 0 heterocycles. The highest BCUT2D eigenvalue weighted by Gasteiger charge is 2.01. The monoisotopic (exact) mass is 205 g/mol. The molecule has 0 aliphatic rings. The van der Waals surface area contributed by atoms with Crippen LogP contribution in [-0.4, -0.2) is 16.9 Å². The van der Waals surface area contributed by atoms with E-state index in [-0.39, 0.29) is 5.78 Å². The van der Waals surface area contributed by atoms with Crippen molar-refractivity contribution in [2.24, 2.45) is 5.73 Å². The minimum atomic E-state index is -1.14. The van der Waals surface area contributed by atoms with E-state index in [9.17, 15) is 9.59 Å². The van der Waals surface area contributed by atoms with E-state index in [1.165, 1.54) is 0 Å². The summed E-state index contributed by atoms with van der Waals surface area (Å²) >= 11 is 0. The van der Waals surface area contributed by atoms with E-state index in [1.807, 2.05) is 0 Å². The summed E-state index contributed by atoms with van der Waals surface area (Å²) in [7, 11) is 0. The van der Waals surface area contributed by atoms with Crippen molar-refractivity contribution in [3.8, 4) is 0 Å². The second-order valence-electron chi connectivity index (χ2n) is 2.94. The summed E-state index contributed by atoms with van der Waals surface area (Å²) in [6.07, 6.45) is 1.85. The van der Waals surface area contributed by atoms with E-state index < -0.39 is 5.97 Å². The molecule has 4 nitrogen and oxygen atoms in total. The smallest absolute Gasteiger partial charge is 0.328 e. The lowest BCUT2D eigenvalue weighted by Crippen LogP contribution is -1.99. The Morgan fingerprint density at radius 3 is 2.27 bits per heavy atom. The van der Waals surface area contributed by atoms with Gasteiger partial charge < -0.3 is 10.8 Å². The Labute approximate surface area is 87.0 Å². The van der Waals surface area contributed by atoms with Crippen molar-refractivity contribution >= 4 is 11.8 Å². The molecule has 15 heavy (non-hydrogen) atoms. The van der Waals surface area contributed by atoms with Crippen LogP contribution in [0.5, 0.6) is 0 Å². The second-order valence-corrected chi connectivity index (χ2v) is 2.94. The van der Waals surface area contributed by atoms with E-state index in [0.29, 0.717) is 12.1 Å². The molecule has 0 bridgehead atoms. The standard InChI is InChI=1S/C11H11NO3/c12-7-8-1-3-9(4-2-8)10(13)5-6-11(14)15/h1-6H,7,12H2,(H,14,15)/b6-5+. The first-order chi connectivity index (χ1) is 7.13. The molecule has 0 aliphatic carbocycles. The Kier molecular flexibility index (Phi) is 3.76. The first kappa shape index (κ1) is 11.1. The maximum Gasteiger partial charge on any atom is 0.328 e. The topological polar surface area (TPSA) is 80.4 Å². The van der Waals surface area contributed by atoms with Gasteiger partial charge >= 0.3 is 5.97 Å². The normalized spacial score (nSPS) is 10.5. The maximum atomic E-state index is 11.4. The number of benzene rings is 1. The van der Waals surface area contributed by atoms with Gasteiger partial charge in [-0.1, -0.05) is 24.3 Å². The van der Waals surface area contributed by atoms with E-state index >= 15 is 0 Å². The van der Waals surface area contributed by atoms with Crippen LogP contribution in [0, 0.1) is 0 Å². The number of ketones is 1. The molecule has 0 fully saturated rings. The number of carboxylic acids is 1. The van der Waals surface area contributed by atoms with Crippen molar-refractivity contribution in [1.82, 2.24) is 0 Å². The molecule has 0 atom stereocenters. The number of carbonyl (C=O) groups is 2. The van der Waals surface area contributed by atoms with Crippen LogP contribution in [0.2, 0.25) is 0 Å². The third-order valence-corrected chi connectivity index (χ3v) is 1.85. The van der Waals surface area contributed by atoms with Gasteiger partial charge in [-0.05, 0) is 11.6 Å². The molecule has 0 aliphatic heterocycles. The van der Waals surface area contributed by atoms with Crippen LogP contribution in [0.1, 0.15) is 15.9 Å². The van der Waals surface area contributed by atoms with Gasteiger partial charge in [0.1, 0.15) is 0 Å². The van der Waals surface area contributed by atoms with Gasteiger partial charge in [0.25, 0.3) is 0 Å². The average Bonchev–Trinajstić information content (AvgIpc) is 2.26. The summed E-state index contributed by atoms with van der Waals surface area (Å²) in [6.45, 7) is 0.416. The van der Waals surface area contributed by atoms with Gasteiger partial charge in [-0.3, -0.25) is 4.79 Å². The summed E-state index contributed by atoms with van der Waals surface area (Å²) in [6, 6.07) is 6.72. The fourth-order valence-electron chi connectivity index (χ4n) is 1.05. The predicted octanol–water partition coefficient (Wildman–Crippen LogP) is 0.969. The van der Waals surface area contributed by atoms with Crippen molar-refractivity contribution in [3.05, 3.63) is 47.5 Å². The molecule has 1 aromatic rings. The molecule has 0 amide bonds. The molecule has 4 heteroatoms. The third-order valence-electron chi connectivity index (χ3n) is 1.85. The van der Waals surface area contributed by atoms with Crippen LogP contribution in [0.25, 0.3) is 0 Å². The number of hydrogen-bond acceptors (Lipinski definition) is 3. The first-order valence-electron chi connectivity index (χ1n) is 4.38. The quantitative estimate of drug-likeness (QED) is 0.567. The fraction of sp³-hybridized carbons (Fsp3) is 0.0909. The van der Waals surface area contributed by atoms with Gasteiger partial charge in [-0.25, -0.2) is 4.79 Å². The first-order valence-corrected chi connectivity index (χ1v) is 4.38. The lowest BCUT2D eigenvalue weighted by molar-refractivity contribution is -0.131. The van der Waals surface area contributed by atoms with Gasteiger partial charge in [0.2, 0.25) is 0 Å². The number of nitrogens with two attached hydrogens (primary N) is 1. The van der Waals surface area contributed by atoms with E-state index in [0.717, 1.165) is 17.7 Å². The van der Waals surface area contributed by atoms with Crippen LogP contribution in [-0.2, 0) is 11.3 Å². The molecular formula is C11H11NO3. The lowest BCUT2D eigenvalue weighted by Gasteiger charge is -1.98. The highest BCUT2D eigenvalue weighted by Crippen LogP contribution is 2.05. The summed E-state index contributed by atoms with van der Waals surface area (Å²) < 4.78 is 0. The number of carbonyl (C=O) groups excluding carboxylic acids is 1. The largest absolute Gasteiger partial charge is 0.478 e. The molecule has 1 rings (SSSR count). The van der Waals surface area contributed by atoms with Crippen molar-refractivity contribution in [1.29, 1.82) is 0 Å². The Bertz CT molecular complexity index is 393. The molecule has 78 valence electrons. The van der Waals surface area contributed by atoms with Crippen LogP contribution >= 0.6 is 0 Å². The fourth-order valence-corrected chi connectivity index (χ4v) is 1.05. The highest BCUT2D eigenvalue weighted by molar-refractivity contribution is 6.06. The zero-order valence-corrected chi connectivity index (χ0v) is 8.01. The minimum Gasteiger partial charge on any atom is -0.478 e. The SMILES string of the molecule is NCc1ccc(C(=O)/C=C/C(=O)O)cc1. The summed E-state index contributed by atoms with van der Waals surface area (Å²) in [5.74, 6) is -1.47. The van der Waals surface area contributed by atoms with Crippen molar-refractivity contribution < 1.29 is 14.7 Å². The Morgan fingerprint density at radius 2 is 1.80 bits per heavy atom. The molecule has 0 unspecified atom stereocenters. The second kappa shape index (κ2) is 5.07. The zero-order valence-electron chi connectivity index (χ0n) is 8.01. The molecule has 0 saturated heterocycles. The van der Waals surface area contributed by atoms with Gasteiger partial charge in [0, 0.05) is 18.2 Å². The van der Waals surface area contributed by atoms with E-state index in [1.54, 1.807) is 24.3 Å². The van der Waals surface area contributed by atoms with Crippen molar-refractivity contribution in [2.45, 2.75) is 6.54 Å². The van der Waals surface area contributed by atoms with E-state index in [4.69, 9.17) is 10.8 Å². The molecule has 0 spiro atoms. The van der Waals surface area contributed by atoms with Crippen LogP contribution in [0.4, 0.5) is 0 Å². The summed E-state index contributed by atoms with van der Waals surface area (Å²) in [4.78, 5) is 21.5. The average molecular weight is 205 g/mol. The number of hydrogen-bond donors (Lipinski definition) is 2. The van der Waals surface area contributed by atoms with Crippen LogP contribution < -0.4 is 5.73 Å². The van der Waals surface area contributed by atoms with E-state index in [2.05, 4.69) is 0 Å². The molecule has 0 aromatic heterocycles. The van der Waals surface area contributed by atoms with Gasteiger partial charge in [0.05, 0.1) is 0 Å². The lowest BCUT2D eigenvalue weighted by atomic mass is 10.1. The number of rotatable bonds is 4.